The van der Waals surface area contributed by atoms with Crippen molar-refractivity contribution in [3.05, 3.63) is 20.9 Å². The van der Waals surface area contributed by atoms with Crippen molar-refractivity contribution in [2.24, 2.45) is 0 Å². The SMILES string of the molecule is COc1ncc(I)c(C(F)F)c1C(F)(F)F. The minimum Gasteiger partial charge on any atom is -0.481 e. The average molecular weight is 353 g/mol. The second-order valence-corrected chi connectivity index (χ2v) is 3.86. The normalized spacial score (nSPS) is 12.0. The van der Waals surface area contributed by atoms with Crippen LogP contribution in [0, 0.1) is 3.57 Å². The number of hydrogen-bond donors (Lipinski definition) is 0. The van der Waals surface area contributed by atoms with Gasteiger partial charge in [-0.2, -0.15) is 13.2 Å². The summed E-state index contributed by atoms with van der Waals surface area (Å²) in [6, 6.07) is 0. The van der Waals surface area contributed by atoms with Gasteiger partial charge in [-0.1, -0.05) is 0 Å². The molecule has 0 atom stereocenters. The highest BCUT2D eigenvalue weighted by molar-refractivity contribution is 14.1. The van der Waals surface area contributed by atoms with Crippen LogP contribution in [-0.4, -0.2) is 12.1 Å². The van der Waals surface area contributed by atoms with Crippen molar-refractivity contribution < 1.29 is 26.7 Å². The Labute approximate surface area is 101 Å². The second kappa shape index (κ2) is 4.68. The maximum atomic E-state index is 12.6. The highest BCUT2D eigenvalue weighted by atomic mass is 127. The molecule has 0 spiro atoms. The summed E-state index contributed by atoms with van der Waals surface area (Å²) >= 11 is 1.38. The topological polar surface area (TPSA) is 22.1 Å². The van der Waals surface area contributed by atoms with Crippen LogP contribution in [0.1, 0.15) is 17.6 Å². The highest BCUT2D eigenvalue weighted by Gasteiger charge is 2.41. The summed E-state index contributed by atoms with van der Waals surface area (Å²) in [5.74, 6) is -0.844. The van der Waals surface area contributed by atoms with Crippen molar-refractivity contribution in [3.63, 3.8) is 0 Å². The number of pyridine rings is 1. The van der Waals surface area contributed by atoms with Gasteiger partial charge in [0.15, 0.2) is 0 Å². The van der Waals surface area contributed by atoms with Gasteiger partial charge in [-0.25, -0.2) is 13.8 Å². The molecule has 1 rings (SSSR count). The molecule has 1 aromatic heterocycles. The van der Waals surface area contributed by atoms with E-state index >= 15 is 0 Å². The van der Waals surface area contributed by atoms with E-state index < -0.39 is 29.6 Å². The van der Waals surface area contributed by atoms with Crippen molar-refractivity contribution in [3.8, 4) is 5.88 Å². The summed E-state index contributed by atoms with van der Waals surface area (Å²) in [6.45, 7) is 0. The Morgan fingerprint density at radius 3 is 2.31 bits per heavy atom. The number of ether oxygens (including phenoxy) is 1. The molecule has 0 bridgehead atoms. The largest absolute Gasteiger partial charge is 0.481 e. The molecule has 16 heavy (non-hydrogen) atoms. The van der Waals surface area contributed by atoms with Gasteiger partial charge in [0.05, 0.1) is 12.7 Å². The zero-order valence-corrected chi connectivity index (χ0v) is 9.94. The standard InChI is InChI=1S/C8H5F5INO/c1-16-7-5(8(11,12)13)4(6(9)10)3(14)2-15-7/h2,6H,1H3. The molecule has 8 heteroatoms. The van der Waals surface area contributed by atoms with Gasteiger partial charge < -0.3 is 4.74 Å². The summed E-state index contributed by atoms with van der Waals surface area (Å²) < 4.78 is 66.9. The smallest absolute Gasteiger partial charge is 0.422 e. The molecule has 0 amide bonds. The van der Waals surface area contributed by atoms with Crippen LogP contribution in [0.5, 0.6) is 5.88 Å². The predicted octanol–water partition coefficient (Wildman–Crippen LogP) is 3.65. The lowest BCUT2D eigenvalue weighted by molar-refractivity contribution is -0.141. The van der Waals surface area contributed by atoms with Crippen LogP contribution in [0.4, 0.5) is 22.0 Å². The number of aromatic nitrogens is 1. The number of nitrogens with zero attached hydrogens (tertiary/aromatic N) is 1. The molecule has 0 radical (unpaired) electrons. The molecule has 0 fully saturated rings. The zero-order valence-electron chi connectivity index (χ0n) is 7.78. The quantitative estimate of drug-likeness (QED) is 0.598. The number of hydrogen-bond acceptors (Lipinski definition) is 2. The van der Waals surface area contributed by atoms with Crippen molar-refractivity contribution >= 4 is 22.6 Å². The van der Waals surface area contributed by atoms with E-state index in [1.165, 1.54) is 22.6 Å². The number of rotatable bonds is 2. The molecule has 1 aromatic rings. The molecule has 1 heterocycles. The van der Waals surface area contributed by atoms with E-state index in [2.05, 4.69) is 9.72 Å². The van der Waals surface area contributed by atoms with Crippen molar-refractivity contribution in [2.75, 3.05) is 7.11 Å². The van der Waals surface area contributed by atoms with Crippen LogP contribution in [0.15, 0.2) is 6.20 Å². The van der Waals surface area contributed by atoms with Gasteiger partial charge in [0, 0.05) is 9.77 Å². The fraction of sp³-hybridized carbons (Fsp3) is 0.375. The minimum atomic E-state index is -4.93. The third kappa shape index (κ3) is 2.53. The second-order valence-electron chi connectivity index (χ2n) is 2.70. The zero-order chi connectivity index (χ0) is 12.5. The van der Waals surface area contributed by atoms with Gasteiger partial charge in [-0.15, -0.1) is 0 Å². The molecule has 0 aliphatic rings. The van der Waals surface area contributed by atoms with Gasteiger partial charge >= 0.3 is 6.18 Å². The van der Waals surface area contributed by atoms with E-state index in [0.29, 0.717) is 0 Å². The number of methoxy groups -OCH3 is 1. The maximum absolute atomic E-state index is 12.6. The third-order valence-corrected chi connectivity index (χ3v) is 2.59. The molecule has 2 nitrogen and oxygen atoms in total. The molecule has 90 valence electrons. The maximum Gasteiger partial charge on any atom is 0.422 e. The summed E-state index contributed by atoms with van der Waals surface area (Å²) in [6.07, 6.45) is -7.25. The van der Waals surface area contributed by atoms with Crippen molar-refractivity contribution in [2.45, 2.75) is 12.6 Å². The third-order valence-electron chi connectivity index (χ3n) is 1.73. The van der Waals surface area contributed by atoms with E-state index in [0.717, 1.165) is 13.3 Å². The lowest BCUT2D eigenvalue weighted by atomic mass is 10.1. The Kier molecular flexibility index (Phi) is 3.92. The molecular formula is C8H5F5INO. The molecule has 0 unspecified atom stereocenters. The summed E-state index contributed by atoms with van der Waals surface area (Å²) in [4.78, 5) is 3.32. The Bertz CT molecular complexity index is 393. The summed E-state index contributed by atoms with van der Waals surface area (Å²) in [7, 11) is 0.944. The van der Waals surface area contributed by atoms with Gasteiger partial charge in [0.1, 0.15) is 5.56 Å². The first kappa shape index (κ1) is 13.4. The van der Waals surface area contributed by atoms with Crippen LogP contribution in [-0.2, 0) is 6.18 Å². The highest BCUT2D eigenvalue weighted by Crippen LogP contribution is 2.42. The van der Waals surface area contributed by atoms with Gasteiger partial charge in [-0.3, -0.25) is 0 Å². The number of halogens is 6. The van der Waals surface area contributed by atoms with E-state index in [-0.39, 0.29) is 3.57 Å². The lowest BCUT2D eigenvalue weighted by Gasteiger charge is -2.16. The summed E-state index contributed by atoms with van der Waals surface area (Å²) in [5, 5.41) is 0. The first-order valence-corrected chi connectivity index (χ1v) is 4.94. The molecule has 0 aromatic carbocycles. The van der Waals surface area contributed by atoms with Crippen LogP contribution < -0.4 is 4.74 Å². The Morgan fingerprint density at radius 2 is 1.94 bits per heavy atom. The molecule has 0 saturated carbocycles. The monoisotopic (exact) mass is 353 g/mol. The van der Waals surface area contributed by atoms with Crippen molar-refractivity contribution in [1.82, 2.24) is 4.98 Å². The van der Waals surface area contributed by atoms with Gasteiger partial charge in [-0.05, 0) is 22.6 Å². The Balaban J connectivity index is 3.56. The van der Waals surface area contributed by atoms with Crippen LogP contribution in [0.2, 0.25) is 0 Å². The minimum absolute atomic E-state index is 0.249. The summed E-state index contributed by atoms with van der Waals surface area (Å²) in [5.41, 5.74) is -2.61. The Hall–Kier alpha value is -0.670. The van der Waals surface area contributed by atoms with Crippen LogP contribution in [0.3, 0.4) is 0 Å². The first-order chi connectivity index (χ1) is 7.29. The number of alkyl halides is 5. The van der Waals surface area contributed by atoms with E-state index in [4.69, 9.17) is 0 Å². The van der Waals surface area contributed by atoms with E-state index in [1.54, 1.807) is 0 Å². The van der Waals surface area contributed by atoms with Crippen LogP contribution >= 0.6 is 22.6 Å². The molecular weight excluding hydrogens is 348 g/mol. The van der Waals surface area contributed by atoms with Gasteiger partial charge in [0.2, 0.25) is 5.88 Å². The predicted molar refractivity (Wildman–Crippen MR) is 53.5 cm³/mol. The fourth-order valence-electron chi connectivity index (χ4n) is 1.13. The van der Waals surface area contributed by atoms with Gasteiger partial charge in [0.25, 0.3) is 6.43 Å². The molecule has 0 N–H and O–H groups in total. The first-order valence-electron chi connectivity index (χ1n) is 3.86. The van der Waals surface area contributed by atoms with E-state index in [1.807, 2.05) is 0 Å². The average Bonchev–Trinajstić information content (AvgIpc) is 2.15. The van der Waals surface area contributed by atoms with E-state index in [9.17, 15) is 22.0 Å². The van der Waals surface area contributed by atoms with Crippen LogP contribution in [0.25, 0.3) is 0 Å². The fourth-order valence-corrected chi connectivity index (χ4v) is 1.77. The molecule has 0 aliphatic heterocycles. The van der Waals surface area contributed by atoms with Crippen molar-refractivity contribution in [1.29, 1.82) is 0 Å². The lowest BCUT2D eigenvalue weighted by Crippen LogP contribution is -2.14. The molecule has 0 aliphatic carbocycles. The Morgan fingerprint density at radius 1 is 1.38 bits per heavy atom. The molecule has 0 saturated heterocycles.